The zero-order chi connectivity index (χ0) is 22.9. The second kappa shape index (κ2) is 8.94. The molecule has 1 N–H and O–H groups in total. The van der Waals surface area contributed by atoms with Gasteiger partial charge in [-0.1, -0.05) is 35.9 Å². The van der Waals surface area contributed by atoms with E-state index in [0.29, 0.717) is 6.42 Å². The summed E-state index contributed by atoms with van der Waals surface area (Å²) in [6.45, 7) is 7.02. The first kappa shape index (κ1) is 22.3. The van der Waals surface area contributed by atoms with E-state index in [-0.39, 0.29) is 17.9 Å². The molecule has 2 aromatic rings. The van der Waals surface area contributed by atoms with E-state index in [9.17, 15) is 9.59 Å². The number of ether oxygens (including phenoxy) is 1. The summed E-state index contributed by atoms with van der Waals surface area (Å²) in [5.74, 6) is 0.717. The van der Waals surface area contributed by atoms with Crippen LogP contribution in [0.15, 0.2) is 42.5 Å². The Balaban J connectivity index is 1.52. The lowest BCUT2D eigenvalue weighted by Crippen LogP contribution is -2.57. The average Bonchev–Trinajstić information content (AvgIpc) is 3.01. The van der Waals surface area contributed by atoms with Crippen molar-refractivity contribution in [2.45, 2.75) is 45.2 Å². The Hall–Kier alpha value is -2.86. The van der Waals surface area contributed by atoms with Crippen LogP contribution in [0.1, 0.15) is 35.1 Å². The molecule has 6 heteroatoms. The van der Waals surface area contributed by atoms with E-state index in [1.54, 1.807) is 14.2 Å². The summed E-state index contributed by atoms with van der Waals surface area (Å²) in [6.07, 6.45) is 2.21. The van der Waals surface area contributed by atoms with E-state index in [0.717, 1.165) is 43.8 Å². The molecule has 0 saturated carbocycles. The van der Waals surface area contributed by atoms with Gasteiger partial charge in [0, 0.05) is 20.0 Å². The van der Waals surface area contributed by atoms with Crippen molar-refractivity contribution in [2.75, 3.05) is 27.2 Å². The van der Waals surface area contributed by atoms with E-state index in [2.05, 4.69) is 42.3 Å². The third kappa shape index (κ3) is 4.24. The molecule has 32 heavy (non-hydrogen) atoms. The summed E-state index contributed by atoms with van der Waals surface area (Å²) in [5.41, 5.74) is 4.04. The van der Waals surface area contributed by atoms with Crippen LogP contribution in [0.5, 0.6) is 5.75 Å². The van der Waals surface area contributed by atoms with Crippen molar-refractivity contribution in [1.29, 1.82) is 0 Å². The van der Waals surface area contributed by atoms with Crippen molar-refractivity contribution in [1.82, 2.24) is 15.1 Å². The molecule has 2 aliphatic rings. The number of likely N-dealkylation sites (tertiary alicyclic amines) is 1. The maximum Gasteiger partial charge on any atom is 0.324 e. The normalized spacial score (nSPS) is 22.3. The van der Waals surface area contributed by atoms with Crippen molar-refractivity contribution in [3.05, 3.63) is 64.7 Å². The highest BCUT2D eigenvalue weighted by Gasteiger charge is 2.54. The number of imide groups is 1. The van der Waals surface area contributed by atoms with Gasteiger partial charge in [0.05, 0.1) is 7.11 Å². The molecule has 2 aliphatic heterocycles. The molecule has 1 atom stereocenters. The number of rotatable bonds is 6. The van der Waals surface area contributed by atoms with Crippen molar-refractivity contribution in [3.63, 3.8) is 0 Å². The summed E-state index contributed by atoms with van der Waals surface area (Å²) < 4.78 is 5.37. The smallest absolute Gasteiger partial charge is 0.324 e. The molecule has 0 radical (unpaired) electrons. The predicted octanol–water partition coefficient (Wildman–Crippen LogP) is 3.69. The summed E-state index contributed by atoms with van der Waals surface area (Å²) >= 11 is 0. The van der Waals surface area contributed by atoms with Crippen molar-refractivity contribution < 1.29 is 14.3 Å². The molecule has 0 spiro atoms. The molecule has 2 saturated heterocycles. The second-order valence-electron chi connectivity index (χ2n) is 9.27. The molecule has 0 aromatic heterocycles. The van der Waals surface area contributed by atoms with Gasteiger partial charge in [-0.25, -0.2) is 4.79 Å². The van der Waals surface area contributed by atoms with Gasteiger partial charge in [-0.15, -0.1) is 0 Å². The van der Waals surface area contributed by atoms with Gasteiger partial charge in [-0.05, 0) is 74.5 Å². The Bertz CT molecular complexity index is 1010. The largest absolute Gasteiger partial charge is 0.497 e. The number of methoxy groups -OCH3 is 1. The predicted molar refractivity (Wildman–Crippen MR) is 125 cm³/mol. The van der Waals surface area contributed by atoms with Crippen LogP contribution in [0.4, 0.5) is 4.79 Å². The van der Waals surface area contributed by atoms with Gasteiger partial charge in [-0.3, -0.25) is 14.6 Å². The standard InChI is InChI=1S/C26H33N3O3/c1-18-8-9-19(2)21(14-18)17-29-12-10-22(11-13-29)26(24(30)28(3)25(31)27-26)16-20-6-5-7-23(15-20)32-4/h5-9,14-15,22H,10-13,16-17H2,1-4H3,(H,27,31)/t26-/m0/s1. The Labute approximate surface area is 190 Å². The van der Waals surface area contributed by atoms with E-state index >= 15 is 0 Å². The van der Waals surface area contributed by atoms with E-state index < -0.39 is 5.54 Å². The van der Waals surface area contributed by atoms with Crippen LogP contribution in [0.25, 0.3) is 0 Å². The molecule has 2 heterocycles. The molecule has 2 fully saturated rings. The first-order valence-electron chi connectivity index (χ1n) is 11.3. The minimum Gasteiger partial charge on any atom is -0.497 e. The molecule has 0 unspecified atom stereocenters. The van der Waals surface area contributed by atoms with Crippen molar-refractivity contribution >= 4 is 11.9 Å². The lowest BCUT2D eigenvalue weighted by molar-refractivity contribution is -0.133. The molecule has 0 bridgehead atoms. The highest BCUT2D eigenvalue weighted by atomic mass is 16.5. The number of urea groups is 1. The van der Waals surface area contributed by atoms with Crippen LogP contribution in [-0.4, -0.2) is 54.5 Å². The summed E-state index contributed by atoms with van der Waals surface area (Å²) in [5, 5.41) is 3.08. The van der Waals surface area contributed by atoms with Gasteiger partial charge in [0.15, 0.2) is 0 Å². The zero-order valence-corrected chi connectivity index (χ0v) is 19.5. The first-order valence-corrected chi connectivity index (χ1v) is 11.3. The fraction of sp³-hybridized carbons (Fsp3) is 0.462. The van der Waals surface area contributed by atoms with Gasteiger partial charge in [0.25, 0.3) is 5.91 Å². The molecular weight excluding hydrogens is 402 g/mol. The molecule has 170 valence electrons. The van der Waals surface area contributed by atoms with Crippen molar-refractivity contribution in [2.24, 2.45) is 5.92 Å². The van der Waals surface area contributed by atoms with Crippen LogP contribution < -0.4 is 10.1 Å². The number of carbonyl (C=O) groups excluding carboxylic acids is 2. The molecule has 0 aliphatic carbocycles. The molecule has 6 nitrogen and oxygen atoms in total. The SMILES string of the molecule is COc1cccc(C[C@@]2(C3CCN(Cc4cc(C)ccc4C)CC3)NC(=O)N(C)C2=O)c1. The Morgan fingerprint density at radius 3 is 2.50 bits per heavy atom. The number of nitrogens with one attached hydrogen (secondary N) is 1. The summed E-state index contributed by atoms with van der Waals surface area (Å²) in [4.78, 5) is 29.5. The van der Waals surface area contributed by atoms with E-state index in [1.807, 2.05) is 24.3 Å². The van der Waals surface area contributed by atoms with Gasteiger partial charge in [-0.2, -0.15) is 0 Å². The third-order valence-electron chi connectivity index (χ3n) is 7.12. The summed E-state index contributed by atoms with van der Waals surface area (Å²) in [7, 11) is 3.21. The zero-order valence-electron chi connectivity index (χ0n) is 19.5. The van der Waals surface area contributed by atoms with E-state index in [1.165, 1.54) is 21.6 Å². The highest BCUT2D eigenvalue weighted by Crippen LogP contribution is 2.37. The van der Waals surface area contributed by atoms with Gasteiger partial charge < -0.3 is 10.1 Å². The monoisotopic (exact) mass is 435 g/mol. The fourth-order valence-electron chi connectivity index (χ4n) is 5.16. The highest BCUT2D eigenvalue weighted by molar-refractivity contribution is 6.07. The lowest BCUT2D eigenvalue weighted by atomic mass is 9.74. The number of benzene rings is 2. The van der Waals surface area contributed by atoms with E-state index in [4.69, 9.17) is 4.74 Å². The topological polar surface area (TPSA) is 61.9 Å². The number of piperidine rings is 1. The average molecular weight is 436 g/mol. The quantitative estimate of drug-likeness (QED) is 0.703. The van der Waals surface area contributed by atoms with Crippen molar-refractivity contribution in [3.8, 4) is 5.75 Å². The minimum atomic E-state index is -0.899. The maximum atomic E-state index is 13.3. The number of aryl methyl sites for hydroxylation is 2. The van der Waals surface area contributed by atoms with Crippen LogP contribution in [0, 0.1) is 19.8 Å². The minimum absolute atomic E-state index is 0.0879. The number of carbonyl (C=O) groups is 2. The van der Waals surface area contributed by atoms with Gasteiger partial charge in [0.1, 0.15) is 11.3 Å². The molecule has 2 aromatic carbocycles. The number of likely N-dealkylation sites (N-methyl/N-ethyl adjacent to an activating group) is 1. The lowest BCUT2D eigenvalue weighted by Gasteiger charge is -2.41. The number of nitrogens with zero attached hydrogens (tertiary/aromatic N) is 2. The number of amides is 3. The Morgan fingerprint density at radius 2 is 1.84 bits per heavy atom. The second-order valence-corrected chi connectivity index (χ2v) is 9.27. The fourth-order valence-corrected chi connectivity index (χ4v) is 5.16. The molecule has 4 rings (SSSR count). The Kier molecular flexibility index (Phi) is 6.24. The van der Waals surface area contributed by atoms with Crippen LogP contribution in [0.2, 0.25) is 0 Å². The number of hydrogen-bond acceptors (Lipinski definition) is 4. The van der Waals surface area contributed by atoms with Crippen LogP contribution in [0.3, 0.4) is 0 Å². The van der Waals surface area contributed by atoms with Crippen LogP contribution >= 0.6 is 0 Å². The molecular formula is C26H33N3O3. The van der Waals surface area contributed by atoms with Gasteiger partial charge >= 0.3 is 6.03 Å². The van der Waals surface area contributed by atoms with Gasteiger partial charge in [0.2, 0.25) is 0 Å². The first-order chi connectivity index (χ1) is 15.3. The number of hydrogen-bond donors (Lipinski definition) is 1. The maximum absolute atomic E-state index is 13.3. The summed E-state index contributed by atoms with van der Waals surface area (Å²) in [6, 6.07) is 14.1. The molecule has 3 amide bonds. The van der Waals surface area contributed by atoms with Crippen LogP contribution in [-0.2, 0) is 17.8 Å². The Morgan fingerprint density at radius 1 is 1.09 bits per heavy atom. The third-order valence-corrected chi connectivity index (χ3v) is 7.12.